The second kappa shape index (κ2) is 61.6. The summed E-state index contributed by atoms with van der Waals surface area (Å²) < 4.78 is 14.6. The van der Waals surface area contributed by atoms with Crippen LogP contribution in [-0.4, -0.2) is 0 Å². The van der Waals surface area contributed by atoms with Crippen molar-refractivity contribution in [3.05, 3.63) is 0 Å². The van der Waals surface area contributed by atoms with Crippen LogP contribution in [0.2, 0.25) is 0 Å². The molecule has 0 saturated carbocycles. The van der Waals surface area contributed by atoms with Crippen LogP contribution in [0, 0.1) is 0 Å². The van der Waals surface area contributed by atoms with Gasteiger partial charge in [-0.05, 0) is 0 Å². The molecule has 0 N–H and O–H groups in total. The molecule has 0 bridgehead atoms. The molecule has 0 aromatic heterocycles. The van der Waals surface area contributed by atoms with Gasteiger partial charge < -0.3 is 0 Å². The van der Waals surface area contributed by atoms with E-state index in [-0.39, 0.29) is 0 Å². The van der Waals surface area contributed by atoms with Crippen molar-refractivity contribution in [3.8, 4) is 0 Å². The van der Waals surface area contributed by atoms with Gasteiger partial charge >= 0.3 is 795 Å². The van der Waals surface area contributed by atoms with Crippen LogP contribution >= 0.6 is 792 Å². The van der Waals surface area contributed by atoms with Crippen molar-refractivity contribution in [1.29, 1.82) is 0 Å². The standard InChI is InChI=1S/FI59/c1-32(2)34(5)36(7)38(9)40(11)42(13)44(15)46(17)48(19)50(21)52(23)54(25)56(27)58(29)60(31)59(30)57(28)55(26)53(24)51(22)49(20)47(18)45(16)43(14)41(12)39(10)37(8)35(6)33(3)4. The first-order chi connectivity index (χ1) is 27.2. The maximum atomic E-state index is 14.6. The Morgan fingerprint density at radius 3 is 0.300 bits per heavy atom. The third-order valence-electron chi connectivity index (χ3n) is 2.29. The fourth-order valence-corrected chi connectivity index (χ4v) is 11100. The summed E-state index contributed by atoms with van der Waals surface area (Å²) in [4.78, 5) is 0. The first-order valence-corrected chi connectivity index (χ1v) is 374. The maximum absolute atomic E-state index is 14.6. The monoisotopic (exact) mass is 7510 g/mol. The van der Waals surface area contributed by atoms with Crippen molar-refractivity contribution >= 4 is 792 Å². The van der Waals surface area contributed by atoms with E-state index in [1.807, 2.05) is 0 Å². The second-order valence-corrected chi connectivity index (χ2v) is 1390. The van der Waals surface area contributed by atoms with Crippen LogP contribution in [-0.2, 0) is 0 Å². The molecule has 0 nitrogen and oxygen atoms in total. The van der Waals surface area contributed by atoms with E-state index in [1.165, 1.54) is 0 Å². The molecule has 0 unspecified atom stereocenters. The van der Waals surface area contributed by atoms with Gasteiger partial charge in [0.05, 0.1) is 0 Å². The van der Waals surface area contributed by atoms with E-state index in [9.17, 15) is 2.86 Å². The van der Waals surface area contributed by atoms with Crippen LogP contribution in [0.4, 0.5) is 2.86 Å². The normalized spacial score (nSPS) is 18.9. The van der Waals surface area contributed by atoms with E-state index < -0.39 is 233 Å². The van der Waals surface area contributed by atoms with Crippen LogP contribution in [0.3, 0.4) is 0 Å². The van der Waals surface area contributed by atoms with Crippen LogP contribution in [0.25, 0.3) is 0 Å². The van der Waals surface area contributed by atoms with E-state index in [0.29, 0.717) is 0 Å². The van der Waals surface area contributed by atoms with Gasteiger partial charge in [0.15, 0.2) is 0 Å². The molecule has 0 aromatic rings. The Bertz CT molecular complexity index is 1040. The Morgan fingerprint density at radius 2 is 0.217 bits per heavy atom. The fourth-order valence-electron chi connectivity index (χ4n) is 0.833. The molecule has 0 fully saturated rings. The number of halogens is 60. The van der Waals surface area contributed by atoms with Gasteiger partial charge in [-0.3, -0.25) is 0 Å². The molecule has 0 heterocycles. The summed E-state index contributed by atoms with van der Waals surface area (Å²) in [6, 6.07) is 0. The summed E-state index contributed by atoms with van der Waals surface area (Å²) in [7, 11) is -17.8. The SMILES string of the molecule is FI(I)I(I)I(I)I(I)I(I)I(I)I(I)I(I)I(I)I(I)I(I)I(I)I(I)I(I)I(I)I(I)I(I)I(I)I(I)I(I)I(I)I(I)I(I)I(I)I(I)I(I)I(I)I(I)I(I)I. The molecule has 0 aliphatic heterocycles. The first-order valence-electron chi connectivity index (χ1n) is 8.43. The molecule has 420 valence electrons. The Balaban J connectivity index is 5.67. The summed E-state index contributed by atoms with van der Waals surface area (Å²) in [5.74, 6) is 0. The molecule has 0 spiro atoms. The Kier molecular flexibility index (Phi) is 106. The van der Waals surface area contributed by atoms with Gasteiger partial charge in [-0.1, -0.05) is 0 Å². The second-order valence-electron chi connectivity index (χ2n) is 4.70. The van der Waals surface area contributed by atoms with Crippen LogP contribution in [0.5, 0.6) is 0 Å². The van der Waals surface area contributed by atoms with E-state index in [2.05, 4.69) is 558 Å². The molecule has 0 aromatic carbocycles. The zero-order chi connectivity index (χ0) is 47.7. The van der Waals surface area contributed by atoms with Crippen molar-refractivity contribution < 1.29 is 2.86 Å². The van der Waals surface area contributed by atoms with E-state index in [4.69, 9.17) is 0 Å². The summed E-state index contributed by atoms with van der Waals surface area (Å²) in [6.45, 7) is 0. The molecule has 60 heteroatoms. The van der Waals surface area contributed by atoms with Gasteiger partial charge in [0.1, 0.15) is 0 Å². The third kappa shape index (κ3) is 42.0. The zero-order valence-electron chi connectivity index (χ0n) is 22.7. The molecule has 60 heavy (non-hydrogen) atoms. The number of hydrogen-bond donors (Lipinski definition) is 0. The van der Waals surface area contributed by atoms with Crippen molar-refractivity contribution in [2.24, 2.45) is 0 Å². The summed E-state index contributed by atoms with van der Waals surface area (Å²) in [5, 5.41) is 0. The molecule has 0 amide bonds. The Hall–Kier alpha value is 43.0. The number of rotatable bonds is 28. The van der Waals surface area contributed by atoms with E-state index in [1.54, 1.807) is 0 Å². The minimum atomic E-state index is -1.98. The van der Waals surface area contributed by atoms with Gasteiger partial charge in [0.25, 0.3) is 0 Å². The summed E-state index contributed by atoms with van der Waals surface area (Å²) >= 11 is 95.3. The topological polar surface area (TPSA) is 0 Å². The van der Waals surface area contributed by atoms with Gasteiger partial charge in [0, 0.05) is 0 Å². The average molecular weight is 7510 g/mol. The van der Waals surface area contributed by atoms with Gasteiger partial charge in [0.2, 0.25) is 0 Å². The van der Waals surface area contributed by atoms with Crippen molar-refractivity contribution in [1.82, 2.24) is 0 Å². The van der Waals surface area contributed by atoms with E-state index in [0.717, 1.165) is 0 Å². The molecule has 0 radical (unpaired) electrons. The zero-order valence-corrected chi connectivity index (χ0v) is 150. The van der Waals surface area contributed by atoms with Crippen LogP contribution in [0.1, 0.15) is 0 Å². The quantitative estimate of drug-likeness (QED) is 0.0685. The van der Waals surface area contributed by atoms with Crippen molar-refractivity contribution in [3.63, 3.8) is 0 Å². The summed E-state index contributed by atoms with van der Waals surface area (Å²) in [5.41, 5.74) is 0. The van der Waals surface area contributed by atoms with Crippen LogP contribution < -0.4 is 0 Å². The molecule has 0 atom stereocenters. The first kappa shape index (κ1) is 103. The van der Waals surface area contributed by atoms with Gasteiger partial charge in [-0.15, -0.1) is 0 Å². The Morgan fingerprint density at radius 1 is 0.133 bits per heavy atom. The van der Waals surface area contributed by atoms with E-state index >= 15 is 0 Å². The number of hydrogen-bond acceptors (Lipinski definition) is 0. The van der Waals surface area contributed by atoms with Crippen LogP contribution in [0.15, 0.2) is 0 Å². The molecule has 0 rings (SSSR count). The molecular formula is FI59. The molecule has 0 aliphatic carbocycles. The van der Waals surface area contributed by atoms with Crippen molar-refractivity contribution in [2.75, 3.05) is 0 Å². The van der Waals surface area contributed by atoms with Crippen molar-refractivity contribution in [2.45, 2.75) is 0 Å². The van der Waals surface area contributed by atoms with Gasteiger partial charge in [-0.25, -0.2) is 0 Å². The third-order valence-corrected chi connectivity index (χ3v) is 4560. The predicted molar refractivity (Wildman–Crippen MR) is 828 cm³/mol. The molecule has 0 aliphatic rings. The fraction of sp³-hybridized carbons (Fsp3) is 0. The summed E-state index contributed by atoms with van der Waals surface area (Å²) in [6.07, 6.45) is 0. The molecule has 0 saturated heterocycles. The minimum absolute atomic E-state index is 0.480. The molecular weight excluding hydrogens is 7510 g/mol. The van der Waals surface area contributed by atoms with Gasteiger partial charge in [-0.2, -0.15) is 0 Å². The predicted octanol–water partition coefficient (Wildman–Crippen LogP) is 52.7. The Labute approximate surface area is 747 Å². The average Bonchev–Trinajstić information content (AvgIpc) is 3.23.